The molecule has 0 rings (SSSR count). The molecule has 1 N–H and O–H groups in total. The fraction of sp³-hybridized carbons (Fsp3) is 1.00. The first-order valence-corrected chi connectivity index (χ1v) is 6.05. The van der Waals surface area contributed by atoms with Crippen LogP contribution in [0.3, 0.4) is 0 Å². The van der Waals surface area contributed by atoms with E-state index in [4.69, 9.17) is 4.55 Å². The van der Waals surface area contributed by atoms with Crippen molar-refractivity contribution in [1.29, 1.82) is 0 Å². The van der Waals surface area contributed by atoms with E-state index in [0.717, 1.165) is 25.7 Å². The first kappa shape index (κ1) is 11.9. The van der Waals surface area contributed by atoms with Crippen LogP contribution < -0.4 is 0 Å². The Hall–Kier alpha value is -0.0900. The van der Waals surface area contributed by atoms with Gasteiger partial charge in [-0.3, -0.25) is 4.55 Å². The SMILES string of the molecule is CCCC[C@H](CC)CS(=O)(=O)O. The van der Waals surface area contributed by atoms with Gasteiger partial charge in [0.05, 0.1) is 5.75 Å². The van der Waals surface area contributed by atoms with Gasteiger partial charge < -0.3 is 0 Å². The maximum Gasteiger partial charge on any atom is 0.265 e. The van der Waals surface area contributed by atoms with Crippen LogP contribution in [0.15, 0.2) is 0 Å². The minimum absolute atomic E-state index is 0.0799. The standard InChI is InChI=1S/C8H18O3S/c1-3-5-6-8(4-2)7-12(9,10)11/h8H,3-7H2,1-2H3,(H,9,10,11)/t8-/m0/s1. The molecule has 0 unspecified atom stereocenters. The summed E-state index contributed by atoms with van der Waals surface area (Å²) in [6, 6.07) is 0. The largest absolute Gasteiger partial charge is 0.286 e. The van der Waals surface area contributed by atoms with E-state index in [0.29, 0.717) is 0 Å². The molecule has 0 radical (unpaired) electrons. The second-order valence-corrected chi connectivity index (χ2v) is 4.66. The third-order valence-electron chi connectivity index (χ3n) is 1.99. The van der Waals surface area contributed by atoms with Crippen LogP contribution in [-0.2, 0) is 10.1 Å². The molecule has 0 aromatic carbocycles. The molecule has 0 aliphatic carbocycles. The molecule has 0 bridgehead atoms. The quantitative estimate of drug-likeness (QED) is 0.659. The number of rotatable bonds is 6. The summed E-state index contributed by atoms with van der Waals surface area (Å²) in [5, 5.41) is 0. The molecule has 0 aliphatic rings. The van der Waals surface area contributed by atoms with Gasteiger partial charge in [0, 0.05) is 0 Å². The zero-order chi connectivity index (χ0) is 9.61. The highest BCUT2D eigenvalue weighted by atomic mass is 32.2. The molecule has 0 saturated heterocycles. The average Bonchev–Trinajstić information content (AvgIpc) is 1.95. The predicted molar refractivity (Wildman–Crippen MR) is 49.7 cm³/mol. The van der Waals surface area contributed by atoms with Crippen LogP contribution in [0.1, 0.15) is 39.5 Å². The van der Waals surface area contributed by atoms with Crippen molar-refractivity contribution >= 4 is 10.1 Å². The lowest BCUT2D eigenvalue weighted by Gasteiger charge is -2.11. The minimum atomic E-state index is -3.77. The van der Waals surface area contributed by atoms with Crippen molar-refractivity contribution in [3.63, 3.8) is 0 Å². The third-order valence-corrected chi connectivity index (χ3v) is 2.88. The van der Waals surface area contributed by atoms with Gasteiger partial charge in [-0.25, -0.2) is 0 Å². The molecule has 0 fully saturated rings. The van der Waals surface area contributed by atoms with Gasteiger partial charge in [0.1, 0.15) is 0 Å². The first-order chi connectivity index (χ1) is 5.49. The predicted octanol–water partition coefficient (Wildman–Crippen LogP) is 2.09. The fourth-order valence-electron chi connectivity index (χ4n) is 1.20. The Bertz CT molecular complexity index is 196. The van der Waals surface area contributed by atoms with Crippen LogP contribution in [0.5, 0.6) is 0 Å². The van der Waals surface area contributed by atoms with Gasteiger partial charge in [0.2, 0.25) is 0 Å². The smallest absolute Gasteiger partial charge is 0.265 e. The normalized spacial score (nSPS) is 14.6. The van der Waals surface area contributed by atoms with Gasteiger partial charge in [0.15, 0.2) is 0 Å². The Morgan fingerprint density at radius 1 is 1.33 bits per heavy atom. The van der Waals surface area contributed by atoms with Gasteiger partial charge in [-0.05, 0) is 12.3 Å². The molecule has 4 heteroatoms. The van der Waals surface area contributed by atoms with E-state index in [2.05, 4.69) is 6.92 Å². The monoisotopic (exact) mass is 194 g/mol. The highest BCUT2D eigenvalue weighted by molar-refractivity contribution is 7.85. The van der Waals surface area contributed by atoms with Crippen molar-refractivity contribution in [2.45, 2.75) is 39.5 Å². The molecule has 0 saturated carbocycles. The Balaban J connectivity index is 3.83. The lowest BCUT2D eigenvalue weighted by atomic mass is 10.0. The molecule has 0 amide bonds. The number of hydrogen-bond donors (Lipinski definition) is 1. The maximum atomic E-state index is 10.5. The number of hydrogen-bond acceptors (Lipinski definition) is 2. The Morgan fingerprint density at radius 3 is 2.25 bits per heavy atom. The zero-order valence-corrected chi connectivity index (χ0v) is 8.60. The summed E-state index contributed by atoms with van der Waals surface area (Å²) in [5.74, 6) is 0.0451. The molecular weight excluding hydrogens is 176 g/mol. The van der Waals surface area contributed by atoms with E-state index < -0.39 is 10.1 Å². The van der Waals surface area contributed by atoms with Gasteiger partial charge >= 0.3 is 0 Å². The molecule has 12 heavy (non-hydrogen) atoms. The topological polar surface area (TPSA) is 54.4 Å². The summed E-state index contributed by atoms with van der Waals surface area (Å²) < 4.78 is 29.6. The maximum absolute atomic E-state index is 10.5. The van der Waals surface area contributed by atoms with Crippen LogP contribution in [0.4, 0.5) is 0 Å². The van der Waals surface area contributed by atoms with Crippen LogP contribution in [0, 0.1) is 5.92 Å². The Morgan fingerprint density at radius 2 is 1.92 bits per heavy atom. The summed E-state index contributed by atoms with van der Waals surface area (Å²) in [4.78, 5) is 0. The van der Waals surface area contributed by atoms with Crippen molar-refractivity contribution in [2.24, 2.45) is 5.92 Å². The van der Waals surface area contributed by atoms with Crippen molar-refractivity contribution in [3.05, 3.63) is 0 Å². The van der Waals surface area contributed by atoms with E-state index in [1.54, 1.807) is 0 Å². The first-order valence-electron chi connectivity index (χ1n) is 4.44. The summed E-state index contributed by atoms with van der Waals surface area (Å²) >= 11 is 0. The van der Waals surface area contributed by atoms with Crippen molar-refractivity contribution in [1.82, 2.24) is 0 Å². The molecule has 0 aliphatic heterocycles. The van der Waals surface area contributed by atoms with Gasteiger partial charge in [-0.2, -0.15) is 8.42 Å². The van der Waals surface area contributed by atoms with Gasteiger partial charge in [0.25, 0.3) is 10.1 Å². The molecule has 0 spiro atoms. The fourth-order valence-corrected chi connectivity index (χ4v) is 2.19. The molecule has 0 aromatic rings. The zero-order valence-electron chi connectivity index (χ0n) is 7.78. The van der Waals surface area contributed by atoms with Crippen molar-refractivity contribution < 1.29 is 13.0 Å². The van der Waals surface area contributed by atoms with E-state index in [-0.39, 0.29) is 11.7 Å². The lowest BCUT2D eigenvalue weighted by molar-refractivity contribution is 0.440. The molecule has 3 nitrogen and oxygen atoms in total. The average molecular weight is 194 g/mol. The highest BCUT2D eigenvalue weighted by Gasteiger charge is 2.14. The van der Waals surface area contributed by atoms with E-state index in [9.17, 15) is 8.42 Å². The van der Waals surface area contributed by atoms with Crippen LogP contribution in [0.2, 0.25) is 0 Å². The molecule has 0 aromatic heterocycles. The summed E-state index contributed by atoms with van der Waals surface area (Å²) in [6.45, 7) is 4.02. The molecule has 0 heterocycles. The number of unbranched alkanes of at least 4 members (excludes halogenated alkanes) is 1. The van der Waals surface area contributed by atoms with Crippen molar-refractivity contribution in [3.8, 4) is 0 Å². The Labute approximate surface area is 74.9 Å². The summed E-state index contributed by atoms with van der Waals surface area (Å²) in [7, 11) is -3.77. The van der Waals surface area contributed by atoms with Gasteiger partial charge in [-0.1, -0.05) is 33.1 Å². The van der Waals surface area contributed by atoms with Crippen LogP contribution >= 0.6 is 0 Å². The lowest BCUT2D eigenvalue weighted by Crippen LogP contribution is -2.14. The van der Waals surface area contributed by atoms with Crippen molar-refractivity contribution in [2.75, 3.05) is 5.75 Å². The van der Waals surface area contributed by atoms with E-state index in [1.165, 1.54) is 0 Å². The highest BCUT2D eigenvalue weighted by Crippen LogP contribution is 2.14. The molecule has 1 atom stereocenters. The van der Waals surface area contributed by atoms with E-state index in [1.807, 2.05) is 6.92 Å². The van der Waals surface area contributed by atoms with Crippen LogP contribution in [-0.4, -0.2) is 18.7 Å². The van der Waals surface area contributed by atoms with Crippen LogP contribution in [0.25, 0.3) is 0 Å². The minimum Gasteiger partial charge on any atom is -0.286 e. The summed E-state index contributed by atoms with van der Waals surface area (Å²) in [6.07, 6.45) is 3.82. The second-order valence-electron chi connectivity index (χ2n) is 3.17. The van der Waals surface area contributed by atoms with Gasteiger partial charge in [-0.15, -0.1) is 0 Å². The molecular formula is C8H18O3S. The molecule has 74 valence electrons. The van der Waals surface area contributed by atoms with E-state index >= 15 is 0 Å². The third kappa shape index (κ3) is 6.61. The second kappa shape index (κ2) is 5.54. The Kier molecular flexibility index (Phi) is 5.50. The summed E-state index contributed by atoms with van der Waals surface area (Å²) in [5.41, 5.74) is 0.